The van der Waals surface area contributed by atoms with Gasteiger partial charge >= 0.3 is 0 Å². The molecule has 1 unspecified atom stereocenters. The molecule has 3 aromatic rings. The lowest BCUT2D eigenvalue weighted by molar-refractivity contribution is 0.499. The van der Waals surface area contributed by atoms with E-state index >= 15 is 0 Å². The van der Waals surface area contributed by atoms with Crippen molar-refractivity contribution < 1.29 is 0 Å². The van der Waals surface area contributed by atoms with Crippen molar-refractivity contribution in [1.82, 2.24) is 25.1 Å². The predicted octanol–water partition coefficient (Wildman–Crippen LogP) is 2.02. The number of hydrogen-bond donors (Lipinski definition) is 2. The third kappa shape index (κ3) is 2.58. The van der Waals surface area contributed by atoms with E-state index in [-0.39, 0.29) is 0 Å². The summed E-state index contributed by atoms with van der Waals surface area (Å²) in [6, 6.07) is 6.04. The van der Waals surface area contributed by atoms with Crippen molar-refractivity contribution in [3.05, 3.63) is 35.9 Å². The number of fused-ring (bicyclic) bond motifs is 1. The van der Waals surface area contributed by atoms with Crippen molar-refractivity contribution in [1.29, 1.82) is 0 Å². The summed E-state index contributed by atoms with van der Waals surface area (Å²) in [4.78, 5) is 15.7. The number of nitrogen functional groups attached to an aromatic ring is 1. The first-order valence-corrected chi connectivity index (χ1v) is 7.86. The van der Waals surface area contributed by atoms with Crippen LogP contribution in [0.3, 0.4) is 0 Å². The van der Waals surface area contributed by atoms with Crippen LogP contribution in [0.25, 0.3) is 11.0 Å². The zero-order valence-electron chi connectivity index (χ0n) is 13.0. The van der Waals surface area contributed by atoms with E-state index in [1.165, 1.54) is 0 Å². The second kappa shape index (κ2) is 5.49. The van der Waals surface area contributed by atoms with Gasteiger partial charge in [-0.1, -0.05) is 0 Å². The Kier molecular flexibility index (Phi) is 3.33. The number of rotatable bonds is 2. The van der Waals surface area contributed by atoms with Gasteiger partial charge in [0, 0.05) is 30.9 Å². The number of H-pyrrole nitrogens is 1. The Morgan fingerprint density at radius 1 is 1.26 bits per heavy atom. The minimum Gasteiger partial charge on any atom is -0.384 e. The smallest absolute Gasteiger partial charge is 0.183 e. The van der Waals surface area contributed by atoms with Gasteiger partial charge in [-0.3, -0.25) is 5.10 Å². The summed E-state index contributed by atoms with van der Waals surface area (Å²) >= 11 is 0. The topological polar surface area (TPSA) is 96.6 Å². The fourth-order valence-electron chi connectivity index (χ4n) is 3.21. The molecule has 1 saturated heterocycles. The van der Waals surface area contributed by atoms with E-state index in [9.17, 15) is 0 Å². The van der Waals surface area contributed by atoms with E-state index in [4.69, 9.17) is 5.73 Å². The fraction of sp³-hybridized carbons (Fsp3) is 0.375. The van der Waals surface area contributed by atoms with E-state index < -0.39 is 0 Å². The summed E-state index contributed by atoms with van der Waals surface area (Å²) in [5.41, 5.74) is 7.60. The maximum atomic E-state index is 5.84. The van der Waals surface area contributed by atoms with Gasteiger partial charge in [0.1, 0.15) is 17.5 Å². The second-order valence-corrected chi connectivity index (χ2v) is 5.99. The zero-order chi connectivity index (χ0) is 15.8. The van der Waals surface area contributed by atoms with Gasteiger partial charge in [0.2, 0.25) is 0 Å². The van der Waals surface area contributed by atoms with Crippen LogP contribution < -0.4 is 10.6 Å². The first-order valence-electron chi connectivity index (χ1n) is 7.86. The van der Waals surface area contributed by atoms with Crippen molar-refractivity contribution >= 4 is 22.7 Å². The number of aromatic amines is 1. The Morgan fingerprint density at radius 3 is 3.04 bits per heavy atom. The predicted molar refractivity (Wildman–Crippen MR) is 89.3 cm³/mol. The Labute approximate surface area is 134 Å². The molecule has 23 heavy (non-hydrogen) atoms. The average molecular weight is 309 g/mol. The van der Waals surface area contributed by atoms with Crippen LogP contribution >= 0.6 is 0 Å². The summed E-state index contributed by atoms with van der Waals surface area (Å²) in [6.45, 7) is 3.85. The number of pyridine rings is 1. The highest BCUT2D eigenvalue weighted by molar-refractivity contribution is 5.85. The number of hydrogen-bond acceptors (Lipinski definition) is 6. The van der Waals surface area contributed by atoms with Gasteiger partial charge in [-0.25, -0.2) is 15.0 Å². The van der Waals surface area contributed by atoms with Crippen LogP contribution in [0.2, 0.25) is 0 Å². The summed E-state index contributed by atoms with van der Waals surface area (Å²) in [5.74, 6) is 2.74. The third-order valence-electron chi connectivity index (χ3n) is 4.39. The minimum atomic E-state index is 0.376. The Bertz CT molecular complexity index is 841. The highest BCUT2D eigenvalue weighted by Crippen LogP contribution is 2.29. The molecule has 0 bridgehead atoms. The standard InChI is InChI=1S/C16H19N7/c1-10-18-7-6-14(19-10)23-8-2-3-11(9-23)13-5-4-12-15(17)21-22-16(12)20-13/h4-7,11H,2-3,8-9H2,1H3,(H3,17,20,21,22). The molecule has 4 heterocycles. The molecule has 7 nitrogen and oxygen atoms in total. The normalized spacial score (nSPS) is 18.5. The molecule has 3 aromatic heterocycles. The molecule has 1 aliphatic heterocycles. The average Bonchev–Trinajstić information content (AvgIpc) is 2.96. The van der Waals surface area contributed by atoms with Crippen molar-refractivity contribution in [2.45, 2.75) is 25.7 Å². The van der Waals surface area contributed by atoms with Crippen LogP contribution in [-0.4, -0.2) is 38.2 Å². The maximum Gasteiger partial charge on any atom is 0.183 e. The number of nitrogens with zero attached hydrogens (tertiary/aromatic N) is 5. The molecular formula is C16H19N7. The van der Waals surface area contributed by atoms with Crippen LogP contribution in [0.1, 0.15) is 30.3 Å². The van der Waals surface area contributed by atoms with E-state index in [2.05, 4.69) is 36.1 Å². The molecule has 0 spiro atoms. The van der Waals surface area contributed by atoms with Crippen molar-refractivity contribution in [3.8, 4) is 0 Å². The fourth-order valence-corrected chi connectivity index (χ4v) is 3.21. The van der Waals surface area contributed by atoms with Crippen LogP contribution in [-0.2, 0) is 0 Å². The van der Waals surface area contributed by atoms with Gasteiger partial charge in [-0.2, -0.15) is 5.10 Å². The monoisotopic (exact) mass is 309 g/mol. The lowest BCUT2D eigenvalue weighted by Gasteiger charge is -2.33. The summed E-state index contributed by atoms with van der Waals surface area (Å²) in [5, 5.41) is 7.83. The number of piperidine rings is 1. The van der Waals surface area contributed by atoms with Crippen LogP contribution in [0.15, 0.2) is 24.4 Å². The molecule has 0 radical (unpaired) electrons. The van der Waals surface area contributed by atoms with Gasteiger partial charge in [-0.05, 0) is 38.0 Å². The highest BCUT2D eigenvalue weighted by Gasteiger charge is 2.24. The van der Waals surface area contributed by atoms with Gasteiger partial charge < -0.3 is 10.6 Å². The first kappa shape index (κ1) is 13.9. The summed E-state index contributed by atoms with van der Waals surface area (Å²) < 4.78 is 0. The number of aromatic nitrogens is 5. The molecule has 1 fully saturated rings. The van der Waals surface area contributed by atoms with Gasteiger partial charge in [0.05, 0.1) is 5.39 Å². The molecule has 0 aromatic carbocycles. The van der Waals surface area contributed by atoms with Crippen LogP contribution in [0.5, 0.6) is 0 Å². The van der Waals surface area contributed by atoms with Gasteiger partial charge in [0.25, 0.3) is 0 Å². The number of anilines is 2. The van der Waals surface area contributed by atoms with E-state index in [1.54, 1.807) is 0 Å². The van der Waals surface area contributed by atoms with E-state index in [1.807, 2.05) is 25.3 Å². The SMILES string of the molecule is Cc1nccc(N2CCCC(c3ccc4c(N)[nH]nc4n3)C2)n1. The molecular weight excluding hydrogens is 290 g/mol. The van der Waals surface area contributed by atoms with Gasteiger partial charge in [0.15, 0.2) is 5.65 Å². The molecule has 1 atom stereocenters. The third-order valence-corrected chi connectivity index (χ3v) is 4.39. The van der Waals surface area contributed by atoms with Crippen molar-refractivity contribution in [2.24, 2.45) is 0 Å². The van der Waals surface area contributed by atoms with E-state index in [0.29, 0.717) is 17.4 Å². The van der Waals surface area contributed by atoms with Crippen molar-refractivity contribution in [3.63, 3.8) is 0 Å². The Hall–Kier alpha value is -2.70. The molecule has 1 aliphatic rings. The Balaban J connectivity index is 1.60. The first-order chi connectivity index (χ1) is 11.2. The minimum absolute atomic E-state index is 0.376. The lowest BCUT2D eigenvalue weighted by atomic mass is 9.94. The number of aryl methyl sites for hydroxylation is 1. The maximum absolute atomic E-state index is 5.84. The highest BCUT2D eigenvalue weighted by atomic mass is 15.2. The lowest BCUT2D eigenvalue weighted by Crippen LogP contribution is -2.35. The quantitative estimate of drug-likeness (QED) is 0.752. The molecule has 4 rings (SSSR count). The van der Waals surface area contributed by atoms with Crippen LogP contribution in [0, 0.1) is 6.92 Å². The molecule has 0 amide bonds. The molecule has 0 aliphatic carbocycles. The number of nitrogens with one attached hydrogen (secondary N) is 1. The molecule has 0 saturated carbocycles. The van der Waals surface area contributed by atoms with E-state index in [0.717, 1.165) is 48.7 Å². The number of nitrogens with two attached hydrogens (primary N) is 1. The van der Waals surface area contributed by atoms with Crippen molar-refractivity contribution in [2.75, 3.05) is 23.7 Å². The summed E-state index contributed by atoms with van der Waals surface area (Å²) in [7, 11) is 0. The summed E-state index contributed by atoms with van der Waals surface area (Å²) in [6.07, 6.45) is 4.06. The molecule has 7 heteroatoms. The van der Waals surface area contributed by atoms with Gasteiger partial charge in [-0.15, -0.1) is 0 Å². The zero-order valence-corrected chi connectivity index (χ0v) is 13.0. The molecule has 118 valence electrons. The molecule has 3 N–H and O–H groups in total. The Morgan fingerprint density at radius 2 is 2.17 bits per heavy atom. The van der Waals surface area contributed by atoms with Crippen LogP contribution in [0.4, 0.5) is 11.6 Å². The second-order valence-electron chi connectivity index (χ2n) is 5.99. The largest absolute Gasteiger partial charge is 0.384 e.